The third-order valence-electron chi connectivity index (χ3n) is 3.47. The first-order valence-electron chi connectivity index (χ1n) is 7.09. The van der Waals surface area contributed by atoms with Crippen molar-refractivity contribution in [1.29, 1.82) is 0 Å². The molecule has 0 aromatic carbocycles. The molecular weight excluding hydrogens is 204 g/mol. The van der Waals surface area contributed by atoms with Gasteiger partial charge in [0.15, 0.2) is 0 Å². The molecule has 0 spiro atoms. The first kappa shape index (κ1) is 14.3. The van der Waals surface area contributed by atoms with E-state index in [2.05, 4.69) is 39.5 Å². The summed E-state index contributed by atoms with van der Waals surface area (Å²) in [7, 11) is 0. The Bertz CT molecular complexity index is 294. The van der Waals surface area contributed by atoms with Crippen molar-refractivity contribution < 1.29 is 0 Å². The summed E-state index contributed by atoms with van der Waals surface area (Å²) < 4.78 is 0. The van der Waals surface area contributed by atoms with Crippen LogP contribution in [0.1, 0.15) is 65.7 Å². The summed E-state index contributed by atoms with van der Waals surface area (Å²) in [5.41, 5.74) is 4.02. The molecule has 1 rings (SSSR count). The van der Waals surface area contributed by atoms with Gasteiger partial charge in [-0.1, -0.05) is 62.0 Å². The van der Waals surface area contributed by atoms with Crippen LogP contribution in [0.15, 0.2) is 35.5 Å². The van der Waals surface area contributed by atoms with Crippen molar-refractivity contribution in [3.05, 3.63) is 35.5 Å². The third-order valence-corrected chi connectivity index (χ3v) is 3.47. The van der Waals surface area contributed by atoms with Crippen molar-refractivity contribution in [1.82, 2.24) is 0 Å². The van der Waals surface area contributed by atoms with Gasteiger partial charge in [-0.3, -0.25) is 0 Å². The van der Waals surface area contributed by atoms with E-state index in [4.69, 9.17) is 0 Å². The fourth-order valence-corrected chi connectivity index (χ4v) is 2.72. The minimum absolute atomic E-state index is 0.975. The van der Waals surface area contributed by atoms with Gasteiger partial charge in [0.2, 0.25) is 0 Å². The molecule has 0 saturated heterocycles. The predicted octanol–water partition coefficient (Wildman–Crippen LogP) is 5.82. The van der Waals surface area contributed by atoms with Crippen LogP contribution in [-0.2, 0) is 0 Å². The fraction of sp³-hybridized carbons (Fsp3) is 0.647. The van der Waals surface area contributed by atoms with Crippen molar-refractivity contribution in [2.24, 2.45) is 5.92 Å². The van der Waals surface area contributed by atoms with Gasteiger partial charge >= 0.3 is 0 Å². The van der Waals surface area contributed by atoms with Crippen molar-refractivity contribution in [2.45, 2.75) is 65.7 Å². The Balaban J connectivity index is 2.48. The molecule has 0 atom stereocenters. The Labute approximate surface area is 108 Å². The standard InChI is InChI=1S/C17H28/c1-14(2)12-17(13-15(3)4)11-10-16-8-6-5-7-9-16/h12-13,16H,1,5-11H2,2-4H3/b17-12-. The maximum Gasteiger partial charge on any atom is -0.0276 e. The predicted molar refractivity (Wildman–Crippen MR) is 78.1 cm³/mol. The smallest absolute Gasteiger partial charge is 0.0276 e. The van der Waals surface area contributed by atoms with Crippen molar-refractivity contribution in [3.8, 4) is 0 Å². The van der Waals surface area contributed by atoms with Gasteiger partial charge in [-0.05, 0) is 45.1 Å². The topological polar surface area (TPSA) is 0 Å². The van der Waals surface area contributed by atoms with E-state index in [9.17, 15) is 0 Å². The van der Waals surface area contributed by atoms with E-state index in [1.807, 2.05) is 0 Å². The monoisotopic (exact) mass is 232 g/mol. The first-order chi connectivity index (χ1) is 8.08. The lowest BCUT2D eigenvalue weighted by molar-refractivity contribution is 0.339. The van der Waals surface area contributed by atoms with E-state index >= 15 is 0 Å². The molecule has 0 bridgehead atoms. The lowest BCUT2D eigenvalue weighted by atomic mass is 9.85. The van der Waals surface area contributed by atoms with E-state index in [-0.39, 0.29) is 0 Å². The zero-order valence-corrected chi connectivity index (χ0v) is 11.9. The average Bonchev–Trinajstić information content (AvgIpc) is 2.26. The largest absolute Gasteiger partial charge is 0.0961 e. The molecule has 1 fully saturated rings. The van der Waals surface area contributed by atoms with Crippen LogP contribution in [0.2, 0.25) is 0 Å². The summed E-state index contributed by atoms with van der Waals surface area (Å²) in [5, 5.41) is 0. The summed E-state index contributed by atoms with van der Waals surface area (Å²) in [4.78, 5) is 0. The molecule has 1 aliphatic rings. The van der Waals surface area contributed by atoms with Crippen LogP contribution in [0.25, 0.3) is 0 Å². The molecule has 1 aliphatic carbocycles. The second-order valence-corrected chi connectivity index (χ2v) is 5.83. The van der Waals surface area contributed by atoms with Gasteiger partial charge in [0.05, 0.1) is 0 Å². The second kappa shape index (κ2) is 7.53. The van der Waals surface area contributed by atoms with E-state index in [1.54, 1.807) is 0 Å². The second-order valence-electron chi connectivity index (χ2n) is 5.83. The summed E-state index contributed by atoms with van der Waals surface area (Å²) in [6.45, 7) is 10.4. The molecule has 0 radical (unpaired) electrons. The zero-order valence-electron chi connectivity index (χ0n) is 11.9. The molecule has 0 aromatic heterocycles. The number of hydrogen-bond acceptors (Lipinski definition) is 0. The molecule has 0 nitrogen and oxygen atoms in total. The number of hydrogen-bond donors (Lipinski definition) is 0. The minimum Gasteiger partial charge on any atom is -0.0961 e. The SMILES string of the molecule is C=C(C)/C=C(\C=C(C)C)CCC1CCCCC1. The van der Waals surface area contributed by atoms with Gasteiger partial charge in [-0.25, -0.2) is 0 Å². The molecule has 1 saturated carbocycles. The van der Waals surface area contributed by atoms with Gasteiger partial charge in [0, 0.05) is 0 Å². The quantitative estimate of drug-likeness (QED) is 0.524. The highest BCUT2D eigenvalue weighted by atomic mass is 14.2. The number of allylic oxidation sites excluding steroid dienone is 5. The summed E-state index contributed by atoms with van der Waals surface area (Å²) in [5.74, 6) is 0.975. The van der Waals surface area contributed by atoms with Crippen LogP contribution in [0, 0.1) is 5.92 Å². The molecule has 0 aliphatic heterocycles. The van der Waals surface area contributed by atoms with E-state index in [0.29, 0.717) is 0 Å². The van der Waals surface area contributed by atoms with Gasteiger partial charge in [-0.15, -0.1) is 0 Å². The lowest BCUT2D eigenvalue weighted by Gasteiger charge is -2.21. The molecule has 0 unspecified atom stereocenters. The van der Waals surface area contributed by atoms with Crippen LogP contribution in [-0.4, -0.2) is 0 Å². The molecule has 0 heterocycles. The van der Waals surface area contributed by atoms with Gasteiger partial charge < -0.3 is 0 Å². The Morgan fingerprint density at radius 1 is 1.06 bits per heavy atom. The van der Waals surface area contributed by atoms with E-state index in [0.717, 1.165) is 5.92 Å². The summed E-state index contributed by atoms with van der Waals surface area (Å²) in [6.07, 6.45) is 14.4. The molecule has 96 valence electrons. The minimum atomic E-state index is 0.975. The Morgan fingerprint density at radius 3 is 2.24 bits per heavy atom. The molecular formula is C17H28. The number of rotatable bonds is 5. The van der Waals surface area contributed by atoms with Crippen LogP contribution >= 0.6 is 0 Å². The Morgan fingerprint density at radius 2 is 1.71 bits per heavy atom. The van der Waals surface area contributed by atoms with Gasteiger partial charge in [-0.2, -0.15) is 0 Å². The molecule has 17 heavy (non-hydrogen) atoms. The highest BCUT2D eigenvalue weighted by Crippen LogP contribution is 2.29. The Kier molecular flexibility index (Phi) is 6.32. The van der Waals surface area contributed by atoms with E-state index in [1.165, 1.54) is 61.7 Å². The molecule has 0 N–H and O–H groups in total. The third kappa shape index (κ3) is 6.51. The maximum atomic E-state index is 3.99. The highest BCUT2D eigenvalue weighted by molar-refractivity contribution is 5.29. The van der Waals surface area contributed by atoms with Crippen molar-refractivity contribution >= 4 is 0 Å². The van der Waals surface area contributed by atoms with Crippen LogP contribution in [0.4, 0.5) is 0 Å². The van der Waals surface area contributed by atoms with Crippen LogP contribution < -0.4 is 0 Å². The normalized spacial score (nSPS) is 17.9. The maximum absolute atomic E-state index is 3.99. The molecule has 0 heteroatoms. The summed E-state index contributed by atoms with van der Waals surface area (Å²) in [6, 6.07) is 0. The highest BCUT2D eigenvalue weighted by Gasteiger charge is 2.13. The zero-order chi connectivity index (χ0) is 12.7. The van der Waals surface area contributed by atoms with Crippen LogP contribution in [0.5, 0.6) is 0 Å². The first-order valence-corrected chi connectivity index (χ1v) is 7.09. The molecule has 0 amide bonds. The molecule has 0 aromatic rings. The summed E-state index contributed by atoms with van der Waals surface area (Å²) >= 11 is 0. The average molecular weight is 232 g/mol. The van der Waals surface area contributed by atoms with Crippen molar-refractivity contribution in [2.75, 3.05) is 0 Å². The van der Waals surface area contributed by atoms with Crippen LogP contribution in [0.3, 0.4) is 0 Å². The van der Waals surface area contributed by atoms with Gasteiger partial charge in [0.25, 0.3) is 0 Å². The lowest BCUT2D eigenvalue weighted by Crippen LogP contribution is -2.06. The Hall–Kier alpha value is -0.780. The van der Waals surface area contributed by atoms with E-state index < -0.39 is 0 Å². The van der Waals surface area contributed by atoms with Crippen molar-refractivity contribution in [3.63, 3.8) is 0 Å². The fourth-order valence-electron chi connectivity index (χ4n) is 2.72. The van der Waals surface area contributed by atoms with Gasteiger partial charge in [0.1, 0.15) is 0 Å².